The second-order valence-electron chi connectivity index (χ2n) is 3.54. The molecule has 0 bridgehead atoms. The standard InChI is InChI=1S/C11H14O2/c1-8-3-4-9(2)11(5-8)13-7-10-6-12-10/h3-5,10H,6-7H2,1-2H3. The van der Waals surface area contributed by atoms with Crippen LogP contribution in [0, 0.1) is 13.8 Å². The summed E-state index contributed by atoms with van der Waals surface area (Å²) < 4.78 is 10.7. The molecule has 2 nitrogen and oxygen atoms in total. The molecular weight excluding hydrogens is 164 g/mol. The van der Waals surface area contributed by atoms with E-state index in [1.54, 1.807) is 0 Å². The molecule has 1 heterocycles. The van der Waals surface area contributed by atoms with E-state index in [9.17, 15) is 0 Å². The van der Waals surface area contributed by atoms with Gasteiger partial charge in [0.25, 0.3) is 0 Å². The molecule has 1 fully saturated rings. The van der Waals surface area contributed by atoms with E-state index in [0.29, 0.717) is 12.7 Å². The highest BCUT2D eigenvalue weighted by Crippen LogP contribution is 2.20. The quantitative estimate of drug-likeness (QED) is 0.661. The summed E-state index contributed by atoms with van der Waals surface area (Å²) >= 11 is 0. The van der Waals surface area contributed by atoms with Crippen LogP contribution in [0.25, 0.3) is 0 Å². The smallest absolute Gasteiger partial charge is 0.122 e. The average molecular weight is 178 g/mol. The van der Waals surface area contributed by atoms with Crippen molar-refractivity contribution in [2.24, 2.45) is 0 Å². The summed E-state index contributed by atoms with van der Waals surface area (Å²) in [6, 6.07) is 6.24. The van der Waals surface area contributed by atoms with Gasteiger partial charge in [-0.25, -0.2) is 0 Å². The van der Waals surface area contributed by atoms with Crippen LogP contribution in [-0.2, 0) is 4.74 Å². The van der Waals surface area contributed by atoms with Crippen LogP contribution in [0.2, 0.25) is 0 Å². The van der Waals surface area contributed by atoms with Gasteiger partial charge in [-0.1, -0.05) is 12.1 Å². The van der Waals surface area contributed by atoms with Gasteiger partial charge >= 0.3 is 0 Å². The summed E-state index contributed by atoms with van der Waals surface area (Å²) in [5.41, 5.74) is 2.42. The molecule has 2 rings (SSSR count). The lowest BCUT2D eigenvalue weighted by molar-refractivity contribution is 0.261. The molecule has 0 N–H and O–H groups in total. The summed E-state index contributed by atoms with van der Waals surface area (Å²) in [5, 5.41) is 0. The highest BCUT2D eigenvalue weighted by molar-refractivity contribution is 5.35. The molecule has 0 aliphatic carbocycles. The van der Waals surface area contributed by atoms with Gasteiger partial charge in [0.2, 0.25) is 0 Å². The third kappa shape index (κ3) is 2.22. The number of aryl methyl sites for hydroxylation is 2. The fourth-order valence-electron chi connectivity index (χ4n) is 1.21. The van der Waals surface area contributed by atoms with E-state index < -0.39 is 0 Å². The van der Waals surface area contributed by atoms with Gasteiger partial charge in [0, 0.05) is 0 Å². The minimum absolute atomic E-state index is 0.333. The van der Waals surface area contributed by atoms with E-state index in [1.807, 2.05) is 0 Å². The maximum absolute atomic E-state index is 5.62. The number of hydrogen-bond acceptors (Lipinski definition) is 2. The normalized spacial score (nSPS) is 20.0. The van der Waals surface area contributed by atoms with Crippen molar-refractivity contribution in [2.45, 2.75) is 20.0 Å². The van der Waals surface area contributed by atoms with E-state index >= 15 is 0 Å². The largest absolute Gasteiger partial charge is 0.491 e. The second-order valence-corrected chi connectivity index (χ2v) is 3.54. The van der Waals surface area contributed by atoms with E-state index in [2.05, 4.69) is 32.0 Å². The van der Waals surface area contributed by atoms with Crippen molar-refractivity contribution in [3.63, 3.8) is 0 Å². The zero-order valence-corrected chi connectivity index (χ0v) is 8.04. The maximum Gasteiger partial charge on any atom is 0.122 e. The Morgan fingerprint density at radius 1 is 1.46 bits per heavy atom. The summed E-state index contributed by atoms with van der Waals surface area (Å²) in [7, 11) is 0. The van der Waals surface area contributed by atoms with Crippen molar-refractivity contribution in [1.82, 2.24) is 0 Å². The molecule has 0 amide bonds. The van der Waals surface area contributed by atoms with Crippen molar-refractivity contribution in [1.29, 1.82) is 0 Å². The topological polar surface area (TPSA) is 21.8 Å². The maximum atomic E-state index is 5.62. The first-order chi connectivity index (χ1) is 6.25. The van der Waals surface area contributed by atoms with Crippen LogP contribution in [0.3, 0.4) is 0 Å². The molecule has 0 radical (unpaired) electrons. The average Bonchev–Trinajstić information content (AvgIpc) is 2.90. The van der Waals surface area contributed by atoms with Gasteiger partial charge in [0.15, 0.2) is 0 Å². The lowest BCUT2D eigenvalue weighted by Crippen LogP contribution is -2.05. The van der Waals surface area contributed by atoms with Crippen LogP contribution in [0.15, 0.2) is 18.2 Å². The second kappa shape index (κ2) is 3.38. The van der Waals surface area contributed by atoms with Gasteiger partial charge in [-0.3, -0.25) is 0 Å². The van der Waals surface area contributed by atoms with Gasteiger partial charge < -0.3 is 9.47 Å². The Balaban J connectivity index is 2.03. The number of rotatable bonds is 3. The molecule has 1 atom stereocenters. The lowest BCUT2D eigenvalue weighted by atomic mass is 10.1. The Labute approximate surface area is 78.5 Å². The zero-order chi connectivity index (χ0) is 9.26. The third-order valence-corrected chi connectivity index (χ3v) is 2.17. The molecule has 1 saturated heterocycles. The molecule has 2 heteroatoms. The van der Waals surface area contributed by atoms with Gasteiger partial charge in [-0.15, -0.1) is 0 Å². The van der Waals surface area contributed by atoms with E-state index in [1.165, 1.54) is 11.1 Å². The molecule has 0 spiro atoms. The van der Waals surface area contributed by atoms with Crippen LogP contribution < -0.4 is 4.74 Å². The molecule has 0 aromatic heterocycles. The summed E-state index contributed by atoms with van der Waals surface area (Å²) in [5.74, 6) is 0.982. The van der Waals surface area contributed by atoms with Crippen molar-refractivity contribution in [3.8, 4) is 5.75 Å². The van der Waals surface area contributed by atoms with Gasteiger partial charge in [0.1, 0.15) is 18.5 Å². The van der Waals surface area contributed by atoms with Crippen LogP contribution >= 0.6 is 0 Å². The monoisotopic (exact) mass is 178 g/mol. The first-order valence-electron chi connectivity index (χ1n) is 4.57. The zero-order valence-electron chi connectivity index (χ0n) is 8.04. The Kier molecular flexibility index (Phi) is 2.23. The van der Waals surface area contributed by atoms with Gasteiger partial charge in [-0.05, 0) is 31.0 Å². The predicted octanol–water partition coefficient (Wildman–Crippen LogP) is 2.08. The molecule has 0 saturated carbocycles. The summed E-state index contributed by atoms with van der Waals surface area (Å²) in [6.07, 6.45) is 0.333. The number of benzene rings is 1. The molecule has 13 heavy (non-hydrogen) atoms. The Bertz CT molecular complexity index is 303. The van der Waals surface area contributed by atoms with Crippen LogP contribution in [-0.4, -0.2) is 19.3 Å². The predicted molar refractivity (Wildman–Crippen MR) is 51.2 cm³/mol. The third-order valence-electron chi connectivity index (χ3n) is 2.17. The first kappa shape index (κ1) is 8.57. The van der Waals surface area contributed by atoms with E-state index in [0.717, 1.165) is 12.4 Å². The van der Waals surface area contributed by atoms with Crippen LogP contribution in [0.1, 0.15) is 11.1 Å². The fourth-order valence-corrected chi connectivity index (χ4v) is 1.21. The first-order valence-corrected chi connectivity index (χ1v) is 4.57. The highest BCUT2D eigenvalue weighted by atomic mass is 16.6. The van der Waals surface area contributed by atoms with Crippen molar-refractivity contribution in [2.75, 3.05) is 13.2 Å². The SMILES string of the molecule is Cc1ccc(C)c(OCC2CO2)c1. The summed E-state index contributed by atoms with van der Waals surface area (Å²) in [6.45, 7) is 5.66. The molecule has 1 aromatic rings. The number of hydrogen-bond donors (Lipinski definition) is 0. The van der Waals surface area contributed by atoms with Crippen LogP contribution in [0.5, 0.6) is 5.75 Å². The Hall–Kier alpha value is -1.02. The molecule has 1 aliphatic heterocycles. The Morgan fingerprint density at radius 2 is 2.23 bits per heavy atom. The molecule has 70 valence electrons. The minimum Gasteiger partial charge on any atom is -0.491 e. The number of epoxide rings is 1. The summed E-state index contributed by atoms with van der Waals surface area (Å²) in [4.78, 5) is 0. The van der Waals surface area contributed by atoms with E-state index in [4.69, 9.17) is 9.47 Å². The molecule has 1 unspecified atom stereocenters. The molecule has 1 aliphatic rings. The van der Waals surface area contributed by atoms with Crippen molar-refractivity contribution >= 4 is 0 Å². The van der Waals surface area contributed by atoms with Crippen LogP contribution in [0.4, 0.5) is 0 Å². The lowest BCUT2D eigenvalue weighted by Gasteiger charge is -2.08. The fraction of sp³-hybridized carbons (Fsp3) is 0.455. The highest BCUT2D eigenvalue weighted by Gasteiger charge is 2.23. The van der Waals surface area contributed by atoms with Crippen molar-refractivity contribution in [3.05, 3.63) is 29.3 Å². The van der Waals surface area contributed by atoms with Gasteiger partial charge in [-0.2, -0.15) is 0 Å². The number of ether oxygens (including phenoxy) is 2. The Morgan fingerprint density at radius 3 is 2.92 bits per heavy atom. The van der Waals surface area contributed by atoms with Crippen molar-refractivity contribution < 1.29 is 9.47 Å². The minimum atomic E-state index is 0.333. The molecule has 1 aromatic carbocycles. The van der Waals surface area contributed by atoms with Gasteiger partial charge in [0.05, 0.1) is 6.61 Å². The van der Waals surface area contributed by atoms with E-state index in [-0.39, 0.29) is 0 Å². The molecular formula is C11H14O2.